The quantitative estimate of drug-likeness (QED) is 0.940. The Balaban J connectivity index is 1.66. The van der Waals surface area contributed by atoms with Crippen molar-refractivity contribution in [2.24, 2.45) is 0 Å². The van der Waals surface area contributed by atoms with Crippen molar-refractivity contribution in [1.82, 2.24) is 10.3 Å². The van der Waals surface area contributed by atoms with Crippen molar-refractivity contribution >= 4 is 11.3 Å². The average molecular weight is 290 g/mol. The minimum Gasteiger partial charge on any atom is -0.486 e. The first kappa shape index (κ1) is 13.4. The zero-order valence-electron chi connectivity index (χ0n) is 11.7. The van der Waals surface area contributed by atoms with Crippen molar-refractivity contribution < 1.29 is 9.47 Å². The highest BCUT2D eigenvalue weighted by Gasteiger charge is 2.14. The van der Waals surface area contributed by atoms with Crippen LogP contribution in [0.4, 0.5) is 0 Å². The number of benzene rings is 1. The summed E-state index contributed by atoms with van der Waals surface area (Å²) in [7, 11) is 0. The lowest BCUT2D eigenvalue weighted by Gasteiger charge is -2.21. The van der Waals surface area contributed by atoms with Crippen molar-refractivity contribution in [2.75, 3.05) is 13.2 Å². The zero-order valence-corrected chi connectivity index (χ0v) is 12.5. The van der Waals surface area contributed by atoms with Gasteiger partial charge in [-0.15, -0.1) is 11.3 Å². The molecule has 0 bridgehead atoms. The van der Waals surface area contributed by atoms with Gasteiger partial charge in [-0.2, -0.15) is 0 Å². The fourth-order valence-corrected chi connectivity index (χ4v) is 2.91. The number of aromatic nitrogens is 1. The van der Waals surface area contributed by atoms with E-state index in [1.54, 1.807) is 11.3 Å². The normalized spacial score (nSPS) is 15.1. The minimum absolute atomic E-state index is 0.245. The van der Waals surface area contributed by atoms with Crippen LogP contribution in [-0.4, -0.2) is 18.2 Å². The molecule has 20 heavy (non-hydrogen) atoms. The van der Waals surface area contributed by atoms with Crippen molar-refractivity contribution in [3.05, 3.63) is 39.8 Å². The fraction of sp³-hybridized carbons (Fsp3) is 0.400. The Hall–Kier alpha value is -1.59. The number of ether oxygens (including phenoxy) is 2. The summed E-state index contributed by atoms with van der Waals surface area (Å²) >= 11 is 1.73. The molecule has 106 valence electrons. The van der Waals surface area contributed by atoms with E-state index in [2.05, 4.69) is 36.3 Å². The number of nitrogens with zero attached hydrogens (tertiary/aromatic N) is 1. The molecule has 2 aromatic rings. The number of rotatable bonds is 4. The largest absolute Gasteiger partial charge is 0.486 e. The predicted molar refractivity (Wildman–Crippen MR) is 79.5 cm³/mol. The lowest BCUT2D eigenvalue weighted by Crippen LogP contribution is -2.19. The lowest BCUT2D eigenvalue weighted by atomic mass is 10.1. The Kier molecular flexibility index (Phi) is 3.89. The maximum absolute atomic E-state index is 5.62. The Morgan fingerprint density at radius 2 is 2.10 bits per heavy atom. The summed E-state index contributed by atoms with van der Waals surface area (Å²) in [6.07, 6.45) is 1.91. The van der Waals surface area contributed by atoms with Gasteiger partial charge in [0.15, 0.2) is 11.5 Å². The third-order valence-electron chi connectivity index (χ3n) is 3.29. The van der Waals surface area contributed by atoms with Crippen LogP contribution in [0.2, 0.25) is 0 Å². The molecule has 1 atom stereocenters. The Labute approximate surface area is 122 Å². The summed E-state index contributed by atoms with van der Waals surface area (Å²) in [5, 5.41) is 4.60. The van der Waals surface area contributed by atoms with Gasteiger partial charge in [-0.05, 0) is 31.5 Å². The van der Waals surface area contributed by atoms with Crippen LogP contribution in [-0.2, 0) is 6.54 Å². The average Bonchev–Trinajstić information content (AvgIpc) is 2.90. The number of thiazole rings is 1. The van der Waals surface area contributed by atoms with Crippen LogP contribution in [0, 0.1) is 6.92 Å². The molecule has 2 heterocycles. The first-order valence-corrected chi connectivity index (χ1v) is 7.58. The maximum atomic E-state index is 5.62. The molecule has 3 rings (SSSR count). The van der Waals surface area contributed by atoms with Gasteiger partial charge in [0.05, 0.1) is 0 Å². The molecule has 1 aromatic carbocycles. The summed E-state index contributed by atoms with van der Waals surface area (Å²) in [4.78, 5) is 5.61. The van der Waals surface area contributed by atoms with E-state index in [9.17, 15) is 0 Å². The van der Waals surface area contributed by atoms with E-state index < -0.39 is 0 Å². The Bertz CT molecular complexity index is 597. The van der Waals surface area contributed by atoms with Gasteiger partial charge < -0.3 is 14.8 Å². The van der Waals surface area contributed by atoms with Crippen LogP contribution in [0.5, 0.6) is 11.5 Å². The topological polar surface area (TPSA) is 43.4 Å². The van der Waals surface area contributed by atoms with E-state index in [0.29, 0.717) is 13.2 Å². The Morgan fingerprint density at radius 3 is 2.85 bits per heavy atom. The highest BCUT2D eigenvalue weighted by molar-refractivity contribution is 7.11. The molecule has 0 amide bonds. The fourth-order valence-electron chi connectivity index (χ4n) is 2.17. The van der Waals surface area contributed by atoms with Crippen LogP contribution in [0.25, 0.3) is 0 Å². The van der Waals surface area contributed by atoms with E-state index in [0.717, 1.165) is 23.1 Å². The monoisotopic (exact) mass is 290 g/mol. The van der Waals surface area contributed by atoms with Crippen LogP contribution < -0.4 is 14.8 Å². The lowest BCUT2D eigenvalue weighted by molar-refractivity contribution is 0.171. The number of hydrogen-bond acceptors (Lipinski definition) is 5. The second-order valence-corrected chi connectivity index (χ2v) is 6.19. The SMILES string of the molecule is Cc1cnc(CNC(C)c2ccc3c(c2)OCCO3)s1. The number of hydrogen-bond donors (Lipinski definition) is 1. The summed E-state index contributed by atoms with van der Waals surface area (Å²) in [6, 6.07) is 6.36. The summed E-state index contributed by atoms with van der Waals surface area (Å²) in [5.74, 6) is 1.68. The van der Waals surface area contributed by atoms with Gasteiger partial charge in [0, 0.05) is 23.7 Å². The molecule has 5 heteroatoms. The molecule has 0 aliphatic carbocycles. The van der Waals surface area contributed by atoms with Gasteiger partial charge in [0.1, 0.15) is 18.2 Å². The molecular weight excluding hydrogens is 272 g/mol. The van der Waals surface area contributed by atoms with Crippen LogP contribution in [0.3, 0.4) is 0 Å². The molecule has 1 aliphatic rings. The maximum Gasteiger partial charge on any atom is 0.161 e. The molecule has 1 aromatic heterocycles. The standard InChI is InChI=1S/C15H18N2O2S/c1-10-8-17-15(20-10)9-16-11(2)12-3-4-13-14(7-12)19-6-5-18-13/h3-4,7-8,11,16H,5-6,9H2,1-2H3. The van der Waals surface area contributed by atoms with E-state index in [4.69, 9.17) is 9.47 Å². The van der Waals surface area contributed by atoms with E-state index >= 15 is 0 Å². The Morgan fingerprint density at radius 1 is 1.30 bits per heavy atom. The smallest absolute Gasteiger partial charge is 0.161 e. The minimum atomic E-state index is 0.245. The third-order valence-corrected chi connectivity index (χ3v) is 4.21. The van der Waals surface area contributed by atoms with E-state index in [1.807, 2.05) is 12.3 Å². The van der Waals surface area contributed by atoms with Crippen molar-refractivity contribution in [3.63, 3.8) is 0 Å². The molecule has 1 unspecified atom stereocenters. The molecule has 4 nitrogen and oxygen atoms in total. The van der Waals surface area contributed by atoms with Gasteiger partial charge in [0.2, 0.25) is 0 Å². The molecular formula is C15H18N2O2S. The second-order valence-electron chi connectivity index (χ2n) is 4.87. The van der Waals surface area contributed by atoms with Gasteiger partial charge >= 0.3 is 0 Å². The second kappa shape index (κ2) is 5.81. The molecule has 0 spiro atoms. The first-order chi connectivity index (χ1) is 9.72. The number of fused-ring (bicyclic) bond motifs is 1. The summed E-state index contributed by atoms with van der Waals surface area (Å²) in [5.41, 5.74) is 1.20. The molecule has 0 radical (unpaired) electrons. The molecule has 1 N–H and O–H groups in total. The number of nitrogens with one attached hydrogen (secondary N) is 1. The zero-order chi connectivity index (χ0) is 13.9. The summed E-state index contributed by atoms with van der Waals surface area (Å²) < 4.78 is 11.2. The first-order valence-electron chi connectivity index (χ1n) is 6.76. The van der Waals surface area contributed by atoms with Crippen molar-refractivity contribution in [3.8, 4) is 11.5 Å². The van der Waals surface area contributed by atoms with Gasteiger partial charge in [0.25, 0.3) is 0 Å². The van der Waals surface area contributed by atoms with Crippen LogP contribution in [0.1, 0.15) is 28.4 Å². The summed E-state index contributed by atoms with van der Waals surface area (Å²) in [6.45, 7) is 6.26. The van der Waals surface area contributed by atoms with Crippen LogP contribution >= 0.6 is 11.3 Å². The van der Waals surface area contributed by atoms with Gasteiger partial charge in [-0.1, -0.05) is 6.07 Å². The van der Waals surface area contributed by atoms with E-state index in [1.165, 1.54) is 10.4 Å². The highest BCUT2D eigenvalue weighted by atomic mass is 32.1. The van der Waals surface area contributed by atoms with Crippen molar-refractivity contribution in [2.45, 2.75) is 26.4 Å². The van der Waals surface area contributed by atoms with E-state index in [-0.39, 0.29) is 6.04 Å². The highest BCUT2D eigenvalue weighted by Crippen LogP contribution is 2.32. The number of aryl methyl sites for hydroxylation is 1. The van der Waals surface area contributed by atoms with Gasteiger partial charge in [-0.25, -0.2) is 4.98 Å². The predicted octanol–water partition coefficient (Wildman–Crippen LogP) is 3.07. The molecule has 0 saturated heterocycles. The molecule has 0 fully saturated rings. The third kappa shape index (κ3) is 2.94. The molecule has 0 saturated carbocycles. The van der Waals surface area contributed by atoms with Crippen LogP contribution in [0.15, 0.2) is 24.4 Å². The van der Waals surface area contributed by atoms with Crippen molar-refractivity contribution in [1.29, 1.82) is 0 Å². The molecule has 1 aliphatic heterocycles. The van der Waals surface area contributed by atoms with Gasteiger partial charge in [-0.3, -0.25) is 0 Å².